The molecule has 1 saturated heterocycles. The summed E-state index contributed by atoms with van der Waals surface area (Å²) in [5, 5.41) is 0. The van der Waals surface area contributed by atoms with Crippen LogP contribution in [-0.4, -0.2) is 76.5 Å². The number of hydrogen-bond acceptors (Lipinski definition) is 6. The molecular weight excluding hydrogens is 348 g/mol. The van der Waals surface area contributed by atoms with E-state index in [0.717, 1.165) is 4.31 Å². The Kier molecular flexibility index (Phi) is 6.15. The zero-order valence-corrected chi connectivity index (χ0v) is 15.3. The number of morpholine rings is 1. The first-order valence-corrected chi connectivity index (χ1v) is 9.23. The van der Waals surface area contributed by atoms with Crippen LogP contribution in [0.5, 0.6) is 0 Å². The van der Waals surface area contributed by atoms with Gasteiger partial charge in [0.15, 0.2) is 6.61 Å². The summed E-state index contributed by atoms with van der Waals surface area (Å²) < 4.78 is 35.7. The highest BCUT2D eigenvalue weighted by atomic mass is 32.2. The van der Waals surface area contributed by atoms with Gasteiger partial charge in [0.25, 0.3) is 5.91 Å². The summed E-state index contributed by atoms with van der Waals surface area (Å²) in [4.78, 5) is 25.9. The summed E-state index contributed by atoms with van der Waals surface area (Å²) in [5.74, 6) is -1.03. The smallest absolute Gasteiger partial charge is 0.338 e. The molecule has 0 radical (unpaired) electrons. The molecule has 0 spiro atoms. The van der Waals surface area contributed by atoms with Gasteiger partial charge in [0, 0.05) is 27.2 Å². The molecule has 1 heterocycles. The molecular formula is C16H22N2O6S. The van der Waals surface area contributed by atoms with Crippen molar-refractivity contribution in [3.8, 4) is 0 Å². The highest BCUT2D eigenvalue weighted by Gasteiger charge is 2.22. The van der Waals surface area contributed by atoms with Crippen molar-refractivity contribution in [1.82, 2.24) is 9.21 Å². The molecule has 1 amide bonds. The molecule has 0 N–H and O–H groups in total. The molecule has 0 bridgehead atoms. The Bertz CT molecular complexity index is 754. The summed E-state index contributed by atoms with van der Waals surface area (Å²) in [6.07, 6.45) is 0. The second-order valence-corrected chi connectivity index (χ2v) is 7.99. The average Bonchev–Trinajstić information content (AvgIpc) is 2.60. The fraction of sp³-hybridized carbons (Fsp3) is 0.500. The van der Waals surface area contributed by atoms with Crippen molar-refractivity contribution in [3.05, 3.63) is 29.3 Å². The van der Waals surface area contributed by atoms with Gasteiger partial charge in [0.05, 0.1) is 23.7 Å². The van der Waals surface area contributed by atoms with Crippen molar-refractivity contribution in [1.29, 1.82) is 0 Å². The van der Waals surface area contributed by atoms with E-state index in [9.17, 15) is 18.0 Å². The number of amides is 1. The molecule has 9 heteroatoms. The second kappa shape index (κ2) is 7.94. The molecule has 2 rings (SSSR count). The lowest BCUT2D eigenvalue weighted by Gasteiger charge is -2.26. The Hall–Kier alpha value is -1.97. The minimum absolute atomic E-state index is 0.00504. The monoisotopic (exact) mass is 370 g/mol. The summed E-state index contributed by atoms with van der Waals surface area (Å²) in [7, 11) is -0.840. The number of nitrogens with zero attached hydrogens (tertiary/aromatic N) is 2. The van der Waals surface area contributed by atoms with Crippen LogP contribution in [0, 0.1) is 6.92 Å². The minimum Gasteiger partial charge on any atom is -0.452 e. The Morgan fingerprint density at radius 3 is 2.48 bits per heavy atom. The molecule has 1 aromatic carbocycles. The third kappa shape index (κ3) is 4.56. The van der Waals surface area contributed by atoms with Gasteiger partial charge in [-0.1, -0.05) is 6.07 Å². The van der Waals surface area contributed by atoms with Crippen molar-refractivity contribution < 1.29 is 27.5 Å². The molecule has 25 heavy (non-hydrogen) atoms. The summed E-state index contributed by atoms with van der Waals surface area (Å²) in [6, 6.07) is 4.24. The number of sulfonamides is 1. The minimum atomic E-state index is -3.66. The first-order valence-electron chi connectivity index (χ1n) is 7.79. The van der Waals surface area contributed by atoms with Gasteiger partial charge in [0.1, 0.15) is 0 Å². The van der Waals surface area contributed by atoms with E-state index < -0.39 is 16.0 Å². The Balaban J connectivity index is 2.09. The summed E-state index contributed by atoms with van der Waals surface area (Å²) in [6.45, 7) is 3.14. The van der Waals surface area contributed by atoms with E-state index in [-0.39, 0.29) is 23.0 Å². The number of carbonyl (C=O) groups is 2. The fourth-order valence-corrected chi connectivity index (χ4v) is 3.23. The number of rotatable bonds is 5. The van der Waals surface area contributed by atoms with Gasteiger partial charge in [0.2, 0.25) is 10.0 Å². The van der Waals surface area contributed by atoms with E-state index in [0.29, 0.717) is 31.9 Å². The van der Waals surface area contributed by atoms with Crippen molar-refractivity contribution in [2.45, 2.75) is 11.8 Å². The SMILES string of the molecule is Cc1ccc(S(=O)(=O)N(C)C)cc1C(=O)OCC(=O)N1CCOCC1. The summed E-state index contributed by atoms with van der Waals surface area (Å²) >= 11 is 0. The van der Waals surface area contributed by atoms with Crippen molar-refractivity contribution in [3.63, 3.8) is 0 Å². The van der Waals surface area contributed by atoms with Gasteiger partial charge < -0.3 is 14.4 Å². The van der Waals surface area contributed by atoms with E-state index in [1.54, 1.807) is 11.8 Å². The number of hydrogen-bond donors (Lipinski definition) is 0. The maximum absolute atomic E-state index is 12.3. The van der Waals surface area contributed by atoms with Crippen LogP contribution >= 0.6 is 0 Å². The number of esters is 1. The lowest BCUT2D eigenvalue weighted by molar-refractivity contribution is -0.138. The van der Waals surface area contributed by atoms with Gasteiger partial charge in [-0.15, -0.1) is 0 Å². The van der Waals surface area contributed by atoms with Crippen LogP contribution in [0.3, 0.4) is 0 Å². The molecule has 1 aliphatic heterocycles. The maximum Gasteiger partial charge on any atom is 0.338 e. The van der Waals surface area contributed by atoms with Crippen LogP contribution in [0.15, 0.2) is 23.1 Å². The molecule has 0 saturated carbocycles. The van der Waals surface area contributed by atoms with Gasteiger partial charge in [-0.2, -0.15) is 0 Å². The van der Waals surface area contributed by atoms with Gasteiger partial charge in [-0.05, 0) is 24.6 Å². The molecule has 1 aromatic rings. The number of benzene rings is 1. The highest BCUT2D eigenvalue weighted by Crippen LogP contribution is 2.19. The van der Waals surface area contributed by atoms with Crippen LogP contribution < -0.4 is 0 Å². The number of carbonyl (C=O) groups excluding carboxylic acids is 2. The lowest BCUT2D eigenvalue weighted by atomic mass is 10.1. The van der Waals surface area contributed by atoms with Crippen LogP contribution in [0.4, 0.5) is 0 Å². The Morgan fingerprint density at radius 2 is 1.88 bits per heavy atom. The Morgan fingerprint density at radius 1 is 1.24 bits per heavy atom. The van der Waals surface area contributed by atoms with E-state index in [2.05, 4.69) is 0 Å². The average molecular weight is 370 g/mol. The molecule has 1 fully saturated rings. The van der Waals surface area contributed by atoms with Gasteiger partial charge >= 0.3 is 5.97 Å². The number of aryl methyl sites for hydroxylation is 1. The molecule has 138 valence electrons. The number of ether oxygens (including phenoxy) is 2. The molecule has 8 nitrogen and oxygen atoms in total. The zero-order valence-electron chi connectivity index (χ0n) is 14.5. The third-order valence-corrected chi connectivity index (χ3v) is 5.71. The quantitative estimate of drug-likeness (QED) is 0.691. The zero-order chi connectivity index (χ0) is 18.6. The topological polar surface area (TPSA) is 93.2 Å². The third-order valence-electron chi connectivity index (χ3n) is 3.90. The molecule has 0 unspecified atom stereocenters. The molecule has 0 aliphatic carbocycles. The Labute approximate surface area is 147 Å². The molecule has 0 aromatic heterocycles. The van der Waals surface area contributed by atoms with Gasteiger partial charge in [-0.25, -0.2) is 17.5 Å². The van der Waals surface area contributed by atoms with E-state index >= 15 is 0 Å². The van der Waals surface area contributed by atoms with Gasteiger partial charge in [-0.3, -0.25) is 4.79 Å². The second-order valence-electron chi connectivity index (χ2n) is 5.83. The largest absolute Gasteiger partial charge is 0.452 e. The first kappa shape index (κ1) is 19.4. The highest BCUT2D eigenvalue weighted by molar-refractivity contribution is 7.89. The predicted molar refractivity (Wildman–Crippen MR) is 89.7 cm³/mol. The van der Waals surface area contributed by atoms with Crippen molar-refractivity contribution in [2.24, 2.45) is 0 Å². The first-order chi connectivity index (χ1) is 11.7. The van der Waals surface area contributed by atoms with Crippen LogP contribution in [0.1, 0.15) is 15.9 Å². The van der Waals surface area contributed by atoms with Crippen molar-refractivity contribution >= 4 is 21.9 Å². The van der Waals surface area contributed by atoms with Crippen molar-refractivity contribution in [2.75, 3.05) is 47.0 Å². The van der Waals surface area contributed by atoms with E-state index in [1.165, 1.54) is 32.3 Å². The molecule has 0 atom stereocenters. The van der Waals surface area contributed by atoms with Crippen LogP contribution in [0.2, 0.25) is 0 Å². The van der Waals surface area contributed by atoms with E-state index in [1.807, 2.05) is 0 Å². The molecule has 1 aliphatic rings. The lowest BCUT2D eigenvalue weighted by Crippen LogP contribution is -2.42. The fourth-order valence-electron chi connectivity index (χ4n) is 2.30. The summed E-state index contributed by atoms with van der Waals surface area (Å²) in [5.41, 5.74) is 0.694. The van der Waals surface area contributed by atoms with E-state index in [4.69, 9.17) is 9.47 Å². The maximum atomic E-state index is 12.3. The van der Waals surface area contributed by atoms with Crippen LogP contribution in [0.25, 0.3) is 0 Å². The normalized spacial score (nSPS) is 15.3. The van der Waals surface area contributed by atoms with Crippen LogP contribution in [-0.2, 0) is 24.3 Å². The standard InChI is InChI=1S/C16H22N2O6S/c1-12-4-5-13(25(21,22)17(2)3)10-14(12)16(20)24-11-15(19)18-6-8-23-9-7-18/h4-5,10H,6-9,11H2,1-3H3. The predicted octanol–water partition coefficient (Wildman–Crippen LogP) is 0.261.